The zero-order chi connectivity index (χ0) is 20.0. The van der Waals surface area contributed by atoms with Crippen molar-refractivity contribution < 1.29 is 32.4 Å². The molecule has 1 aliphatic heterocycles. The van der Waals surface area contributed by atoms with Gasteiger partial charge in [-0.25, -0.2) is 0 Å². The second-order valence-electron chi connectivity index (χ2n) is 7.28. The van der Waals surface area contributed by atoms with Crippen molar-refractivity contribution in [2.75, 3.05) is 6.54 Å². The molecule has 144 valence electrons. The first kappa shape index (κ1) is 20.7. The van der Waals surface area contributed by atoms with E-state index < -0.39 is 41.6 Å². The Kier molecular flexibility index (Phi) is 5.22. The molecule has 1 atom stereocenters. The zero-order valence-corrected chi connectivity index (χ0v) is 15.4. The third kappa shape index (κ3) is 3.35. The molecule has 2 rings (SSSR count). The van der Waals surface area contributed by atoms with Crippen LogP contribution in [0.2, 0.25) is 0 Å². The van der Waals surface area contributed by atoms with E-state index in [4.69, 9.17) is 9.31 Å². The molecule has 9 heteroatoms. The summed E-state index contributed by atoms with van der Waals surface area (Å²) in [7, 11) is -0.752. The number of carbonyl (C=O) groups is 1. The summed E-state index contributed by atoms with van der Waals surface area (Å²) in [5.41, 5.74) is -4.89. The number of likely N-dealkylation sites (N-methyl/N-ethyl adjacent to an activating group) is 1. The smallest absolute Gasteiger partial charge is 0.399 e. The molecule has 1 aromatic rings. The molecule has 0 bridgehead atoms. The highest BCUT2D eigenvalue weighted by Gasteiger charge is 2.60. The van der Waals surface area contributed by atoms with Crippen molar-refractivity contribution in [2.45, 2.75) is 57.6 Å². The molecule has 0 spiro atoms. The quantitative estimate of drug-likeness (QED) is 0.791. The fraction of sp³-hybridized carbons (Fsp3) is 0.588. The topological polar surface area (TPSA) is 67.8 Å². The summed E-state index contributed by atoms with van der Waals surface area (Å²) in [5.74, 6) is -1.52. The van der Waals surface area contributed by atoms with Gasteiger partial charge in [-0.15, -0.1) is 0 Å². The molecular formula is C17H23BF3NO4. The minimum atomic E-state index is -5.17. The van der Waals surface area contributed by atoms with E-state index >= 15 is 0 Å². The van der Waals surface area contributed by atoms with Crippen molar-refractivity contribution in [2.24, 2.45) is 0 Å². The highest BCUT2D eigenvalue weighted by molar-refractivity contribution is 6.62. The molecule has 0 aromatic heterocycles. The lowest BCUT2D eigenvalue weighted by atomic mass is 9.77. The normalized spacial score (nSPS) is 21.3. The third-order valence-electron chi connectivity index (χ3n) is 4.93. The number of rotatable bonds is 4. The van der Waals surface area contributed by atoms with Crippen molar-refractivity contribution in [1.29, 1.82) is 0 Å². The molecule has 1 aliphatic rings. The summed E-state index contributed by atoms with van der Waals surface area (Å²) in [6.45, 7) is 8.87. The van der Waals surface area contributed by atoms with Crippen LogP contribution >= 0.6 is 0 Å². The van der Waals surface area contributed by atoms with Crippen molar-refractivity contribution in [3.8, 4) is 0 Å². The Hall–Kier alpha value is -1.58. The Morgan fingerprint density at radius 2 is 1.58 bits per heavy atom. The van der Waals surface area contributed by atoms with Gasteiger partial charge in [0.15, 0.2) is 0 Å². The van der Waals surface area contributed by atoms with Crippen LogP contribution in [0.25, 0.3) is 0 Å². The lowest BCUT2D eigenvalue weighted by Crippen LogP contribution is -2.54. The average molecular weight is 373 g/mol. The van der Waals surface area contributed by atoms with Crippen molar-refractivity contribution in [3.05, 3.63) is 29.8 Å². The van der Waals surface area contributed by atoms with Crippen LogP contribution in [0, 0.1) is 0 Å². The molecule has 0 saturated carbocycles. The molecule has 5 nitrogen and oxygen atoms in total. The number of aliphatic hydroxyl groups is 1. The van der Waals surface area contributed by atoms with Gasteiger partial charge in [0.1, 0.15) is 0 Å². The first-order valence-corrected chi connectivity index (χ1v) is 8.30. The molecule has 1 unspecified atom stereocenters. The van der Waals surface area contributed by atoms with Gasteiger partial charge in [0.25, 0.3) is 11.5 Å². The van der Waals surface area contributed by atoms with E-state index in [-0.39, 0.29) is 6.54 Å². The van der Waals surface area contributed by atoms with Crippen LogP contribution in [0.1, 0.15) is 40.2 Å². The molecule has 1 aromatic carbocycles. The van der Waals surface area contributed by atoms with Gasteiger partial charge in [0.05, 0.1) is 11.2 Å². The van der Waals surface area contributed by atoms with Gasteiger partial charge in [-0.3, -0.25) is 4.79 Å². The monoisotopic (exact) mass is 373 g/mol. The summed E-state index contributed by atoms with van der Waals surface area (Å²) in [5, 5.41) is 12.2. The number of alkyl halides is 3. The third-order valence-corrected chi connectivity index (χ3v) is 4.93. The number of halogens is 3. The van der Waals surface area contributed by atoms with Crippen LogP contribution in [0.3, 0.4) is 0 Å². The lowest BCUT2D eigenvalue weighted by Gasteiger charge is -2.32. The van der Waals surface area contributed by atoms with E-state index in [1.807, 2.05) is 33.0 Å². The molecule has 1 heterocycles. The Balaban J connectivity index is 2.35. The fourth-order valence-electron chi connectivity index (χ4n) is 2.57. The first-order chi connectivity index (χ1) is 11.8. The van der Waals surface area contributed by atoms with Gasteiger partial charge in [-0.1, -0.05) is 24.3 Å². The van der Waals surface area contributed by atoms with Crippen molar-refractivity contribution in [3.63, 3.8) is 0 Å². The fourth-order valence-corrected chi connectivity index (χ4v) is 2.57. The van der Waals surface area contributed by atoms with E-state index in [0.717, 1.165) is 12.1 Å². The van der Waals surface area contributed by atoms with Gasteiger partial charge in [0.2, 0.25) is 0 Å². The predicted molar refractivity (Wildman–Crippen MR) is 90.8 cm³/mol. The van der Waals surface area contributed by atoms with E-state index in [2.05, 4.69) is 0 Å². The van der Waals surface area contributed by atoms with Gasteiger partial charge in [0, 0.05) is 12.1 Å². The standard InChI is InChI=1S/C17H23BF3NO4/c1-6-22-13(23)16(24,17(19,20)21)11-7-9-12(10-8-11)18-25-14(2,3)15(4,5)26-18/h7-10,24H,6H2,1-5H3,(H,22,23). The molecular weight excluding hydrogens is 350 g/mol. The zero-order valence-electron chi connectivity index (χ0n) is 15.4. The maximum atomic E-state index is 13.4. The van der Waals surface area contributed by atoms with Gasteiger partial charge in [-0.05, 0) is 40.1 Å². The SMILES string of the molecule is CCNC(=O)C(O)(c1ccc(B2OC(C)(C)C(C)(C)O2)cc1)C(F)(F)F. The van der Waals surface area contributed by atoms with Crippen molar-refractivity contribution in [1.82, 2.24) is 5.32 Å². The molecule has 26 heavy (non-hydrogen) atoms. The lowest BCUT2D eigenvalue weighted by molar-refractivity contribution is -0.256. The maximum absolute atomic E-state index is 13.4. The predicted octanol–water partition coefficient (Wildman–Crippen LogP) is 1.87. The van der Waals surface area contributed by atoms with Crippen LogP contribution in [0.5, 0.6) is 0 Å². The van der Waals surface area contributed by atoms with Crippen LogP contribution in [-0.4, -0.2) is 42.1 Å². The van der Waals surface area contributed by atoms with Gasteiger partial charge in [-0.2, -0.15) is 13.2 Å². The molecule has 1 saturated heterocycles. The van der Waals surface area contributed by atoms with Crippen LogP contribution in [0.15, 0.2) is 24.3 Å². The second kappa shape index (κ2) is 6.54. The van der Waals surface area contributed by atoms with Crippen LogP contribution in [0.4, 0.5) is 13.2 Å². The van der Waals surface area contributed by atoms with E-state index in [1.165, 1.54) is 19.1 Å². The summed E-state index contributed by atoms with van der Waals surface area (Å²) in [6.07, 6.45) is -5.17. The second-order valence-corrected chi connectivity index (χ2v) is 7.28. The molecule has 1 amide bonds. The minimum Gasteiger partial charge on any atom is -0.399 e. The molecule has 0 aliphatic carbocycles. The van der Waals surface area contributed by atoms with E-state index in [1.54, 1.807) is 0 Å². The summed E-state index contributed by atoms with van der Waals surface area (Å²) in [6, 6.07) is 4.83. The number of amides is 1. The number of hydrogen-bond donors (Lipinski definition) is 2. The van der Waals surface area contributed by atoms with E-state index in [0.29, 0.717) is 5.46 Å². The van der Waals surface area contributed by atoms with Crippen molar-refractivity contribution >= 4 is 18.5 Å². The summed E-state index contributed by atoms with van der Waals surface area (Å²) >= 11 is 0. The number of hydrogen-bond acceptors (Lipinski definition) is 4. The largest absolute Gasteiger partial charge is 0.494 e. The highest BCUT2D eigenvalue weighted by Crippen LogP contribution is 2.40. The maximum Gasteiger partial charge on any atom is 0.494 e. The molecule has 1 fully saturated rings. The summed E-state index contributed by atoms with van der Waals surface area (Å²) < 4.78 is 51.9. The highest BCUT2D eigenvalue weighted by atomic mass is 19.4. The van der Waals surface area contributed by atoms with E-state index in [9.17, 15) is 23.1 Å². The molecule has 0 radical (unpaired) electrons. The average Bonchev–Trinajstić information content (AvgIpc) is 2.74. The first-order valence-electron chi connectivity index (χ1n) is 8.30. The van der Waals surface area contributed by atoms with Crippen LogP contribution in [-0.2, 0) is 19.7 Å². The minimum absolute atomic E-state index is 0.0385. The van der Waals surface area contributed by atoms with Crippen LogP contribution < -0.4 is 10.8 Å². The Bertz CT molecular complexity index is 660. The number of benzene rings is 1. The summed E-state index contributed by atoms with van der Waals surface area (Å²) in [4.78, 5) is 11.9. The Morgan fingerprint density at radius 3 is 1.96 bits per heavy atom. The molecule has 2 N–H and O–H groups in total. The Morgan fingerprint density at radius 1 is 1.12 bits per heavy atom. The van der Waals surface area contributed by atoms with Gasteiger partial charge >= 0.3 is 13.3 Å². The number of nitrogens with one attached hydrogen (secondary N) is 1. The Labute approximate surface area is 151 Å². The van der Waals surface area contributed by atoms with Gasteiger partial charge < -0.3 is 19.7 Å². The number of carbonyl (C=O) groups excluding carboxylic acids is 1.